The van der Waals surface area contributed by atoms with E-state index in [1.165, 1.54) is 4.31 Å². The second-order valence-corrected chi connectivity index (χ2v) is 9.97. The Kier molecular flexibility index (Phi) is 8.15. The summed E-state index contributed by atoms with van der Waals surface area (Å²) in [5.41, 5.74) is 2.41. The molecule has 0 aliphatic carbocycles. The van der Waals surface area contributed by atoms with Crippen molar-refractivity contribution in [3.8, 4) is 0 Å². The zero-order chi connectivity index (χ0) is 23.1. The Morgan fingerprint density at radius 1 is 0.938 bits per heavy atom. The molecular formula is C24H33N3O4S. The van der Waals surface area contributed by atoms with E-state index in [1.54, 1.807) is 4.90 Å². The standard InChI is InChI=1S/C24H33N3O4S/c1-24(2,3)31-23(28)26-17-15-25(16-18-26)19-21-9-11-22(12-10-21)27(32(29)30)14-13-20-7-5-4-6-8-20/h4-12,32H,13-19H2,1-3H3. The molecule has 1 amide bonds. The fourth-order valence-electron chi connectivity index (χ4n) is 3.63. The first-order chi connectivity index (χ1) is 15.2. The molecule has 1 aliphatic rings. The monoisotopic (exact) mass is 459 g/mol. The smallest absolute Gasteiger partial charge is 0.410 e. The van der Waals surface area contributed by atoms with Gasteiger partial charge in [0.25, 0.3) is 0 Å². The zero-order valence-corrected chi connectivity index (χ0v) is 20.0. The Morgan fingerprint density at radius 2 is 1.56 bits per heavy atom. The molecule has 0 spiro atoms. The number of carbonyl (C=O) groups is 1. The third-order valence-electron chi connectivity index (χ3n) is 5.32. The number of anilines is 1. The predicted molar refractivity (Wildman–Crippen MR) is 127 cm³/mol. The fraction of sp³-hybridized carbons (Fsp3) is 0.458. The van der Waals surface area contributed by atoms with Crippen molar-refractivity contribution in [1.82, 2.24) is 9.80 Å². The van der Waals surface area contributed by atoms with Gasteiger partial charge in [-0.15, -0.1) is 0 Å². The molecule has 7 nitrogen and oxygen atoms in total. The van der Waals surface area contributed by atoms with Gasteiger partial charge in [-0.3, -0.25) is 9.21 Å². The van der Waals surface area contributed by atoms with Gasteiger partial charge in [0.2, 0.25) is 10.9 Å². The van der Waals surface area contributed by atoms with E-state index in [0.717, 1.165) is 30.8 Å². The lowest BCUT2D eigenvalue weighted by Gasteiger charge is -2.35. The number of carbonyl (C=O) groups excluding carboxylic acids is 1. The average molecular weight is 460 g/mol. The number of thiol groups is 1. The average Bonchev–Trinajstić information content (AvgIpc) is 2.75. The van der Waals surface area contributed by atoms with Crippen LogP contribution >= 0.6 is 0 Å². The van der Waals surface area contributed by atoms with Gasteiger partial charge in [-0.25, -0.2) is 13.2 Å². The molecule has 0 aromatic heterocycles. The van der Waals surface area contributed by atoms with Crippen LogP contribution in [0.3, 0.4) is 0 Å². The summed E-state index contributed by atoms with van der Waals surface area (Å²) in [6, 6.07) is 17.5. The zero-order valence-electron chi connectivity index (χ0n) is 19.1. The van der Waals surface area contributed by atoms with E-state index in [1.807, 2.05) is 75.4 Å². The van der Waals surface area contributed by atoms with Gasteiger partial charge in [0.05, 0.1) is 5.69 Å². The first-order valence-corrected chi connectivity index (χ1v) is 12.1. The van der Waals surface area contributed by atoms with E-state index >= 15 is 0 Å². The molecule has 3 rings (SSSR count). The topological polar surface area (TPSA) is 70.2 Å². The summed E-state index contributed by atoms with van der Waals surface area (Å²) in [5.74, 6) is 0. The van der Waals surface area contributed by atoms with E-state index in [9.17, 15) is 13.2 Å². The van der Waals surface area contributed by atoms with Gasteiger partial charge in [-0.1, -0.05) is 42.5 Å². The van der Waals surface area contributed by atoms with E-state index in [0.29, 0.717) is 31.7 Å². The molecule has 1 saturated heterocycles. The molecule has 0 radical (unpaired) electrons. The Labute approximate surface area is 192 Å². The molecule has 2 aromatic carbocycles. The van der Waals surface area contributed by atoms with Crippen LogP contribution in [0.2, 0.25) is 0 Å². The Balaban J connectivity index is 1.52. The highest BCUT2D eigenvalue weighted by molar-refractivity contribution is 7.74. The molecule has 8 heteroatoms. The number of amides is 1. The van der Waals surface area contributed by atoms with Crippen LogP contribution in [-0.2, 0) is 28.6 Å². The lowest BCUT2D eigenvalue weighted by molar-refractivity contribution is 0.0139. The highest BCUT2D eigenvalue weighted by Crippen LogP contribution is 2.19. The number of nitrogens with zero attached hydrogens (tertiary/aromatic N) is 3. The quantitative estimate of drug-likeness (QED) is 0.644. The number of hydrogen-bond donors (Lipinski definition) is 1. The Bertz CT molecular complexity index is 939. The molecule has 1 heterocycles. The summed E-state index contributed by atoms with van der Waals surface area (Å²) in [4.78, 5) is 16.2. The summed E-state index contributed by atoms with van der Waals surface area (Å²) in [5, 5.41) is 0. The number of piperazine rings is 1. The van der Waals surface area contributed by atoms with Crippen LogP contribution in [0.1, 0.15) is 31.9 Å². The first-order valence-electron chi connectivity index (χ1n) is 11.0. The lowest BCUT2D eigenvalue weighted by atomic mass is 10.1. The summed E-state index contributed by atoms with van der Waals surface area (Å²) >= 11 is 0. The van der Waals surface area contributed by atoms with E-state index in [-0.39, 0.29) is 6.09 Å². The Hall–Kier alpha value is -2.58. The van der Waals surface area contributed by atoms with E-state index in [4.69, 9.17) is 4.74 Å². The molecule has 1 aliphatic heterocycles. The van der Waals surface area contributed by atoms with Crippen molar-refractivity contribution in [3.05, 3.63) is 65.7 Å². The molecule has 0 atom stereocenters. The van der Waals surface area contributed by atoms with Gasteiger partial charge in [0.15, 0.2) is 0 Å². The van der Waals surface area contributed by atoms with Crippen LogP contribution < -0.4 is 4.31 Å². The van der Waals surface area contributed by atoms with Crippen molar-refractivity contribution in [3.63, 3.8) is 0 Å². The maximum Gasteiger partial charge on any atom is 0.410 e. The second-order valence-electron chi connectivity index (χ2n) is 9.01. The number of ether oxygens (including phenoxy) is 1. The number of hydrogen-bond acceptors (Lipinski definition) is 5. The summed E-state index contributed by atoms with van der Waals surface area (Å²) < 4.78 is 30.5. The summed E-state index contributed by atoms with van der Waals surface area (Å²) in [6.07, 6.45) is 0.400. The van der Waals surface area contributed by atoms with Crippen LogP contribution in [0.5, 0.6) is 0 Å². The van der Waals surface area contributed by atoms with Gasteiger partial charge in [0, 0.05) is 39.3 Å². The largest absolute Gasteiger partial charge is 0.444 e. The van der Waals surface area contributed by atoms with Crippen LogP contribution in [0.4, 0.5) is 10.5 Å². The lowest BCUT2D eigenvalue weighted by Crippen LogP contribution is -2.49. The van der Waals surface area contributed by atoms with Crippen LogP contribution in [-0.4, -0.2) is 62.6 Å². The number of rotatable bonds is 7. The van der Waals surface area contributed by atoms with E-state index in [2.05, 4.69) is 4.90 Å². The van der Waals surface area contributed by atoms with Crippen molar-refractivity contribution in [1.29, 1.82) is 0 Å². The second kappa shape index (κ2) is 10.8. The first kappa shape index (κ1) is 24.1. The molecule has 1 fully saturated rings. The van der Waals surface area contributed by atoms with Crippen molar-refractivity contribution in [2.24, 2.45) is 0 Å². The van der Waals surface area contributed by atoms with Crippen LogP contribution in [0.25, 0.3) is 0 Å². The van der Waals surface area contributed by atoms with Crippen molar-refractivity contribution < 1.29 is 17.9 Å². The van der Waals surface area contributed by atoms with Gasteiger partial charge in [-0.05, 0) is 50.5 Å². The molecule has 0 saturated carbocycles. The minimum Gasteiger partial charge on any atom is -0.444 e. The van der Waals surface area contributed by atoms with Crippen molar-refractivity contribution >= 4 is 22.7 Å². The molecule has 0 unspecified atom stereocenters. The maximum absolute atomic E-state index is 12.2. The Morgan fingerprint density at radius 3 is 2.12 bits per heavy atom. The minimum atomic E-state index is -2.71. The van der Waals surface area contributed by atoms with Crippen LogP contribution in [0.15, 0.2) is 54.6 Å². The molecule has 0 N–H and O–H groups in total. The molecule has 32 heavy (non-hydrogen) atoms. The molecular weight excluding hydrogens is 426 g/mol. The third kappa shape index (κ3) is 7.24. The third-order valence-corrected chi connectivity index (χ3v) is 6.14. The van der Waals surface area contributed by atoms with Crippen molar-refractivity contribution in [2.45, 2.75) is 39.3 Å². The van der Waals surface area contributed by atoms with Gasteiger partial charge in [0.1, 0.15) is 5.60 Å². The summed E-state index contributed by atoms with van der Waals surface area (Å²) in [7, 11) is -2.71. The van der Waals surface area contributed by atoms with Gasteiger partial charge in [-0.2, -0.15) is 0 Å². The molecule has 2 aromatic rings. The normalized spacial score (nSPS) is 15.1. The van der Waals surface area contributed by atoms with Crippen molar-refractivity contribution in [2.75, 3.05) is 37.0 Å². The summed E-state index contributed by atoms with van der Waals surface area (Å²) in [6.45, 7) is 9.61. The maximum atomic E-state index is 12.2. The van der Waals surface area contributed by atoms with E-state index < -0.39 is 16.5 Å². The van der Waals surface area contributed by atoms with Gasteiger partial charge < -0.3 is 9.64 Å². The SMILES string of the molecule is CC(C)(C)OC(=O)N1CCN(Cc2ccc(N(CCc3ccccc3)[SH](=O)=O)cc2)CC1. The molecule has 174 valence electrons. The molecule has 0 bridgehead atoms. The highest BCUT2D eigenvalue weighted by atomic mass is 32.2. The minimum absolute atomic E-state index is 0.260. The number of benzene rings is 2. The van der Waals surface area contributed by atoms with Crippen LogP contribution in [0, 0.1) is 0 Å². The van der Waals surface area contributed by atoms with Gasteiger partial charge >= 0.3 is 6.09 Å². The highest BCUT2D eigenvalue weighted by Gasteiger charge is 2.25. The predicted octanol–water partition coefficient (Wildman–Crippen LogP) is 3.31. The fourth-order valence-corrected chi connectivity index (χ4v) is 4.22.